The maximum atomic E-state index is 4.92. The van der Waals surface area contributed by atoms with Crippen LogP contribution in [0.2, 0.25) is 0 Å². The minimum Gasteiger partial charge on any atom is -0.253 e. The number of benzene rings is 2. The molecule has 0 N–H and O–H groups in total. The van der Waals surface area contributed by atoms with E-state index in [4.69, 9.17) is 4.99 Å². The molecule has 0 fully saturated rings. The Hall–Kier alpha value is -2.15. The van der Waals surface area contributed by atoms with E-state index in [1.165, 1.54) is 27.8 Å². The summed E-state index contributed by atoms with van der Waals surface area (Å²) in [5, 5.41) is 0. The van der Waals surface area contributed by atoms with Gasteiger partial charge in [-0.15, -0.1) is 0 Å². The van der Waals surface area contributed by atoms with E-state index in [0.29, 0.717) is 0 Å². The van der Waals surface area contributed by atoms with Gasteiger partial charge >= 0.3 is 0 Å². The van der Waals surface area contributed by atoms with Crippen LogP contribution in [0.1, 0.15) is 56.9 Å². The average molecular weight is 334 g/mol. The molecule has 0 spiro atoms. The molecule has 2 aromatic rings. The predicted molar refractivity (Wildman–Crippen MR) is 111 cm³/mol. The van der Waals surface area contributed by atoms with Gasteiger partial charge in [-0.1, -0.05) is 70.2 Å². The molecule has 0 aliphatic carbocycles. The van der Waals surface area contributed by atoms with Crippen molar-refractivity contribution in [2.75, 3.05) is 0 Å². The van der Waals surface area contributed by atoms with E-state index in [0.717, 1.165) is 24.2 Å². The van der Waals surface area contributed by atoms with Gasteiger partial charge in [-0.05, 0) is 66.5 Å². The highest BCUT2D eigenvalue weighted by molar-refractivity contribution is 6.00. The minimum absolute atomic E-state index is 0.130. The molecule has 0 saturated carbocycles. The fourth-order valence-electron chi connectivity index (χ4n) is 2.66. The van der Waals surface area contributed by atoms with Crippen molar-refractivity contribution in [2.24, 2.45) is 10.4 Å². The zero-order valence-corrected chi connectivity index (χ0v) is 16.6. The third-order valence-corrected chi connectivity index (χ3v) is 4.79. The van der Waals surface area contributed by atoms with Crippen LogP contribution in [-0.2, 0) is 12.8 Å². The average Bonchev–Trinajstić information content (AvgIpc) is 2.57. The van der Waals surface area contributed by atoms with Crippen LogP contribution in [0.4, 0.5) is 5.69 Å². The van der Waals surface area contributed by atoms with E-state index in [1.807, 2.05) is 0 Å². The Balaban J connectivity index is 2.32. The largest absolute Gasteiger partial charge is 0.253 e. The summed E-state index contributed by atoms with van der Waals surface area (Å²) in [6.45, 7) is 17.3. The van der Waals surface area contributed by atoms with E-state index < -0.39 is 0 Å². The summed E-state index contributed by atoms with van der Waals surface area (Å²) >= 11 is 0. The quantitative estimate of drug-likeness (QED) is 0.419. The molecule has 1 nitrogen and oxygen atoms in total. The number of hydrogen-bond donors (Lipinski definition) is 0. The van der Waals surface area contributed by atoms with Crippen LogP contribution >= 0.6 is 0 Å². The van der Waals surface area contributed by atoms with Crippen molar-refractivity contribution in [2.45, 2.75) is 54.4 Å². The highest BCUT2D eigenvalue weighted by atomic mass is 14.7. The number of hydrogen-bond acceptors (Lipinski definition) is 1. The molecule has 132 valence electrons. The topological polar surface area (TPSA) is 12.4 Å². The first-order valence-electron chi connectivity index (χ1n) is 9.13. The van der Waals surface area contributed by atoms with Gasteiger partial charge in [-0.25, -0.2) is 0 Å². The van der Waals surface area contributed by atoms with Gasteiger partial charge in [0.15, 0.2) is 0 Å². The maximum absolute atomic E-state index is 4.92. The molecule has 2 rings (SSSR count). The minimum atomic E-state index is 0.130. The maximum Gasteiger partial charge on any atom is 0.0665 e. The summed E-state index contributed by atoms with van der Waals surface area (Å²) in [7, 11) is 0. The molecule has 0 saturated heterocycles. The first-order chi connectivity index (χ1) is 11.7. The molecule has 25 heavy (non-hydrogen) atoms. The Kier molecular flexibility index (Phi) is 6.00. The number of aliphatic imine (C=N–C) groups is 1. The SMILES string of the molecule is C=C(Cc1ccc(C)c(N=C(C)c2cccc(CC)c2)c1)C(C)(C)C. The van der Waals surface area contributed by atoms with E-state index in [9.17, 15) is 0 Å². The molecule has 0 aliphatic heterocycles. The van der Waals surface area contributed by atoms with Crippen molar-refractivity contribution in [3.8, 4) is 0 Å². The summed E-state index contributed by atoms with van der Waals surface area (Å²) in [5.74, 6) is 0. The monoisotopic (exact) mass is 333 g/mol. The Bertz CT molecular complexity index is 788. The molecule has 0 amide bonds. The highest BCUT2D eigenvalue weighted by Gasteiger charge is 2.15. The lowest BCUT2D eigenvalue weighted by Crippen LogP contribution is -2.10. The van der Waals surface area contributed by atoms with Crippen LogP contribution in [0.15, 0.2) is 59.6 Å². The van der Waals surface area contributed by atoms with E-state index >= 15 is 0 Å². The second kappa shape index (κ2) is 7.82. The fourth-order valence-corrected chi connectivity index (χ4v) is 2.66. The van der Waals surface area contributed by atoms with Gasteiger partial charge in [0.2, 0.25) is 0 Å². The number of rotatable bonds is 5. The molecule has 0 radical (unpaired) electrons. The zero-order valence-electron chi connectivity index (χ0n) is 16.6. The summed E-state index contributed by atoms with van der Waals surface area (Å²) in [6, 6.07) is 15.2. The van der Waals surface area contributed by atoms with Crippen LogP contribution in [-0.4, -0.2) is 5.71 Å². The predicted octanol–water partition coefficient (Wildman–Crippen LogP) is 6.84. The second-order valence-electron chi connectivity index (χ2n) is 7.90. The van der Waals surface area contributed by atoms with Crippen LogP contribution < -0.4 is 0 Å². The molecular formula is C24H31N. The number of aryl methyl sites for hydroxylation is 2. The van der Waals surface area contributed by atoms with Crippen molar-refractivity contribution < 1.29 is 0 Å². The molecule has 0 atom stereocenters. The molecule has 2 aromatic carbocycles. The standard InChI is InChI=1S/C24H31N/c1-8-20-10-9-11-22(15-20)19(4)25-23-16-21(13-12-17(23)2)14-18(3)24(5,6)7/h9-13,15-16H,3,8,14H2,1-2,4-7H3. The molecular weight excluding hydrogens is 302 g/mol. The number of nitrogens with zero attached hydrogens (tertiary/aromatic N) is 1. The van der Waals surface area contributed by atoms with Gasteiger partial charge in [-0.2, -0.15) is 0 Å². The molecule has 1 heteroatoms. The van der Waals surface area contributed by atoms with Crippen molar-refractivity contribution in [3.63, 3.8) is 0 Å². The van der Waals surface area contributed by atoms with Crippen molar-refractivity contribution in [1.29, 1.82) is 0 Å². The third kappa shape index (κ3) is 5.16. The molecule has 0 unspecified atom stereocenters. The van der Waals surface area contributed by atoms with Crippen LogP contribution in [0.25, 0.3) is 0 Å². The first kappa shape index (κ1) is 19.2. The summed E-state index contributed by atoms with van der Waals surface area (Å²) in [6.07, 6.45) is 1.95. The van der Waals surface area contributed by atoms with Gasteiger partial charge in [-0.3, -0.25) is 4.99 Å². The lowest BCUT2D eigenvalue weighted by molar-refractivity contribution is 0.494. The fraction of sp³-hybridized carbons (Fsp3) is 0.375. The lowest BCUT2D eigenvalue weighted by Gasteiger charge is -2.22. The van der Waals surface area contributed by atoms with Crippen molar-refractivity contribution in [1.82, 2.24) is 0 Å². The van der Waals surface area contributed by atoms with Gasteiger partial charge in [0.1, 0.15) is 0 Å². The summed E-state index contributed by atoms with van der Waals surface area (Å²) < 4.78 is 0. The normalized spacial score (nSPS) is 12.3. The smallest absolute Gasteiger partial charge is 0.0665 e. The molecule has 0 aromatic heterocycles. The second-order valence-corrected chi connectivity index (χ2v) is 7.90. The summed E-state index contributed by atoms with van der Waals surface area (Å²) in [4.78, 5) is 4.92. The van der Waals surface area contributed by atoms with Gasteiger partial charge in [0.05, 0.1) is 5.69 Å². The van der Waals surface area contributed by atoms with Gasteiger partial charge in [0.25, 0.3) is 0 Å². The van der Waals surface area contributed by atoms with E-state index in [1.54, 1.807) is 0 Å². The lowest BCUT2D eigenvalue weighted by atomic mass is 9.84. The van der Waals surface area contributed by atoms with Crippen LogP contribution in [0, 0.1) is 12.3 Å². The Labute approximate surface area is 153 Å². The molecule has 0 heterocycles. The van der Waals surface area contributed by atoms with Gasteiger partial charge in [0, 0.05) is 5.71 Å². The Morgan fingerprint density at radius 1 is 1.04 bits per heavy atom. The summed E-state index contributed by atoms with van der Waals surface area (Å²) in [5.41, 5.74) is 8.52. The van der Waals surface area contributed by atoms with Crippen LogP contribution in [0.5, 0.6) is 0 Å². The zero-order chi connectivity index (χ0) is 18.6. The Morgan fingerprint density at radius 3 is 2.40 bits per heavy atom. The van der Waals surface area contributed by atoms with E-state index in [2.05, 4.69) is 90.6 Å². The van der Waals surface area contributed by atoms with Crippen LogP contribution in [0.3, 0.4) is 0 Å². The Morgan fingerprint density at radius 2 is 1.76 bits per heavy atom. The van der Waals surface area contributed by atoms with Crippen molar-refractivity contribution >= 4 is 11.4 Å². The highest BCUT2D eigenvalue weighted by Crippen LogP contribution is 2.29. The van der Waals surface area contributed by atoms with E-state index in [-0.39, 0.29) is 5.41 Å². The molecule has 0 aliphatic rings. The number of allylic oxidation sites excluding steroid dienone is 1. The molecule has 0 bridgehead atoms. The van der Waals surface area contributed by atoms with Crippen molar-refractivity contribution in [3.05, 3.63) is 76.9 Å². The van der Waals surface area contributed by atoms with Gasteiger partial charge < -0.3 is 0 Å². The third-order valence-electron chi connectivity index (χ3n) is 4.79. The first-order valence-corrected chi connectivity index (χ1v) is 9.13.